The lowest BCUT2D eigenvalue weighted by Gasteiger charge is -2.14. The van der Waals surface area contributed by atoms with Crippen molar-refractivity contribution in [2.45, 2.75) is 39.5 Å². The molecule has 0 saturated carbocycles. The minimum absolute atomic E-state index is 0.0475. The number of rotatable bonds is 8. The van der Waals surface area contributed by atoms with E-state index >= 15 is 0 Å². The standard InChI is InChI=1S/C13H22N2O4/c1-5-18-13(16)11(9(2)3)12-14-10(15-19-12)7-6-8-17-4/h9,11H,5-8H2,1-4H3. The zero-order valence-corrected chi connectivity index (χ0v) is 12.0. The van der Waals surface area contributed by atoms with Gasteiger partial charge >= 0.3 is 5.97 Å². The second-order valence-corrected chi connectivity index (χ2v) is 4.62. The molecule has 0 fully saturated rings. The molecule has 0 aliphatic rings. The Kier molecular flexibility index (Phi) is 6.49. The van der Waals surface area contributed by atoms with Crippen molar-refractivity contribution < 1.29 is 18.8 Å². The summed E-state index contributed by atoms with van der Waals surface area (Å²) in [5.74, 6) is 0.169. The van der Waals surface area contributed by atoms with E-state index in [9.17, 15) is 4.79 Å². The van der Waals surface area contributed by atoms with Crippen molar-refractivity contribution in [2.24, 2.45) is 5.92 Å². The van der Waals surface area contributed by atoms with Crippen LogP contribution < -0.4 is 0 Å². The van der Waals surface area contributed by atoms with E-state index in [0.717, 1.165) is 6.42 Å². The molecule has 1 atom stereocenters. The van der Waals surface area contributed by atoms with E-state index in [1.54, 1.807) is 14.0 Å². The van der Waals surface area contributed by atoms with Crippen molar-refractivity contribution in [2.75, 3.05) is 20.3 Å². The van der Waals surface area contributed by atoms with Gasteiger partial charge in [-0.3, -0.25) is 4.79 Å². The van der Waals surface area contributed by atoms with Gasteiger partial charge in [-0.2, -0.15) is 4.98 Å². The molecule has 0 N–H and O–H groups in total. The first-order chi connectivity index (χ1) is 9.10. The summed E-state index contributed by atoms with van der Waals surface area (Å²) >= 11 is 0. The fraction of sp³-hybridized carbons (Fsp3) is 0.769. The normalized spacial score (nSPS) is 12.7. The van der Waals surface area contributed by atoms with Crippen LogP contribution in [0.3, 0.4) is 0 Å². The van der Waals surface area contributed by atoms with Gasteiger partial charge in [-0.25, -0.2) is 0 Å². The Bertz CT molecular complexity index is 390. The quantitative estimate of drug-likeness (QED) is 0.531. The van der Waals surface area contributed by atoms with Gasteiger partial charge in [0.2, 0.25) is 5.89 Å². The van der Waals surface area contributed by atoms with Crippen LogP contribution in [0.4, 0.5) is 0 Å². The number of aromatic nitrogens is 2. The van der Waals surface area contributed by atoms with Gasteiger partial charge < -0.3 is 14.0 Å². The summed E-state index contributed by atoms with van der Waals surface area (Å²) < 4.78 is 15.2. The van der Waals surface area contributed by atoms with Gasteiger partial charge in [0, 0.05) is 20.1 Å². The van der Waals surface area contributed by atoms with Crippen molar-refractivity contribution in [3.63, 3.8) is 0 Å². The summed E-state index contributed by atoms with van der Waals surface area (Å²) in [6.07, 6.45) is 1.49. The van der Waals surface area contributed by atoms with Crippen LogP contribution in [0.1, 0.15) is 44.8 Å². The lowest BCUT2D eigenvalue weighted by atomic mass is 9.96. The second kappa shape index (κ2) is 7.89. The van der Waals surface area contributed by atoms with Crippen molar-refractivity contribution in [1.29, 1.82) is 0 Å². The van der Waals surface area contributed by atoms with E-state index in [2.05, 4.69) is 10.1 Å². The molecule has 1 aromatic heterocycles. The van der Waals surface area contributed by atoms with Gasteiger partial charge in [0.1, 0.15) is 5.92 Å². The maximum Gasteiger partial charge on any atom is 0.318 e. The molecule has 0 aliphatic heterocycles. The predicted octanol–water partition coefficient (Wildman–Crippen LogP) is 1.95. The number of methoxy groups -OCH3 is 1. The Morgan fingerprint density at radius 3 is 2.74 bits per heavy atom. The average molecular weight is 270 g/mol. The molecule has 6 heteroatoms. The Morgan fingerprint density at radius 1 is 1.42 bits per heavy atom. The fourth-order valence-corrected chi connectivity index (χ4v) is 1.76. The molecule has 0 bridgehead atoms. The molecule has 0 aliphatic carbocycles. The molecule has 0 radical (unpaired) electrons. The number of nitrogens with zero attached hydrogens (tertiary/aromatic N) is 2. The number of aryl methyl sites for hydroxylation is 1. The summed E-state index contributed by atoms with van der Waals surface area (Å²) in [5, 5.41) is 3.88. The highest BCUT2D eigenvalue weighted by Crippen LogP contribution is 2.24. The summed E-state index contributed by atoms with van der Waals surface area (Å²) in [6.45, 7) is 6.62. The molecule has 19 heavy (non-hydrogen) atoms. The molecule has 1 heterocycles. The summed E-state index contributed by atoms with van der Waals surface area (Å²) in [5.41, 5.74) is 0. The molecule has 108 valence electrons. The lowest BCUT2D eigenvalue weighted by molar-refractivity contribution is -0.146. The van der Waals surface area contributed by atoms with E-state index in [-0.39, 0.29) is 11.9 Å². The smallest absolute Gasteiger partial charge is 0.318 e. The minimum atomic E-state index is -0.497. The van der Waals surface area contributed by atoms with Crippen LogP contribution in [0, 0.1) is 5.92 Å². The van der Waals surface area contributed by atoms with Crippen LogP contribution >= 0.6 is 0 Å². The van der Waals surface area contributed by atoms with Crippen LogP contribution in [-0.4, -0.2) is 36.4 Å². The zero-order chi connectivity index (χ0) is 14.3. The highest BCUT2D eigenvalue weighted by atomic mass is 16.5. The average Bonchev–Trinajstić information content (AvgIpc) is 2.78. The van der Waals surface area contributed by atoms with Crippen LogP contribution in [0.2, 0.25) is 0 Å². The lowest BCUT2D eigenvalue weighted by Crippen LogP contribution is -2.21. The molecule has 0 amide bonds. The van der Waals surface area contributed by atoms with Crippen LogP contribution in [0.5, 0.6) is 0 Å². The Balaban J connectivity index is 2.72. The second-order valence-electron chi connectivity index (χ2n) is 4.62. The van der Waals surface area contributed by atoms with E-state index < -0.39 is 5.92 Å². The molecule has 0 spiro atoms. The first kappa shape index (κ1) is 15.6. The minimum Gasteiger partial charge on any atom is -0.465 e. The largest absolute Gasteiger partial charge is 0.465 e. The van der Waals surface area contributed by atoms with Crippen LogP contribution in [0.25, 0.3) is 0 Å². The van der Waals surface area contributed by atoms with Gasteiger partial charge in [-0.05, 0) is 19.3 Å². The van der Waals surface area contributed by atoms with E-state index in [1.165, 1.54) is 0 Å². The van der Waals surface area contributed by atoms with Crippen molar-refractivity contribution >= 4 is 5.97 Å². The van der Waals surface area contributed by atoms with E-state index in [0.29, 0.717) is 31.3 Å². The summed E-state index contributed by atoms with van der Waals surface area (Å²) in [4.78, 5) is 16.2. The monoisotopic (exact) mass is 270 g/mol. The SMILES string of the molecule is CCOC(=O)C(c1nc(CCCOC)no1)C(C)C. The topological polar surface area (TPSA) is 74.5 Å². The highest BCUT2D eigenvalue weighted by molar-refractivity contribution is 5.77. The zero-order valence-electron chi connectivity index (χ0n) is 12.0. The Labute approximate surface area is 113 Å². The molecule has 0 saturated heterocycles. The van der Waals surface area contributed by atoms with Crippen LogP contribution in [0.15, 0.2) is 4.52 Å². The van der Waals surface area contributed by atoms with Crippen molar-refractivity contribution in [3.05, 3.63) is 11.7 Å². The number of hydrogen-bond acceptors (Lipinski definition) is 6. The number of esters is 1. The maximum absolute atomic E-state index is 11.9. The summed E-state index contributed by atoms with van der Waals surface area (Å²) in [7, 11) is 1.65. The predicted molar refractivity (Wildman–Crippen MR) is 68.7 cm³/mol. The van der Waals surface area contributed by atoms with Gasteiger partial charge in [-0.15, -0.1) is 0 Å². The first-order valence-electron chi connectivity index (χ1n) is 6.58. The molecule has 1 rings (SSSR count). The third-order valence-electron chi connectivity index (χ3n) is 2.71. The summed E-state index contributed by atoms with van der Waals surface area (Å²) in [6, 6.07) is 0. The van der Waals surface area contributed by atoms with Gasteiger partial charge in [0.15, 0.2) is 5.82 Å². The molecule has 1 unspecified atom stereocenters. The fourth-order valence-electron chi connectivity index (χ4n) is 1.76. The molecular weight excluding hydrogens is 248 g/mol. The van der Waals surface area contributed by atoms with E-state index in [4.69, 9.17) is 14.0 Å². The molecule has 1 aromatic rings. The van der Waals surface area contributed by atoms with Crippen LogP contribution in [-0.2, 0) is 20.7 Å². The van der Waals surface area contributed by atoms with E-state index in [1.807, 2.05) is 13.8 Å². The maximum atomic E-state index is 11.9. The van der Waals surface area contributed by atoms with Crippen molar-refractivity contribution in [3.8, 4) is 0 Å². The van der Waals surface area contributed by atoms with Gasteiger partial charge in [-0.1, -0.05) is 19.0 Å². The third-order valence-corrected chi connectivity index (χ3v) is 2.71. The van der Waals surface area contributed by atoms with Gasteiger partial charge in [0.25, 0.3) is 0 Å². The number of carbonyl (C=O) groups is 1. The number of carbonyl (C=O) groups excluding carboxylic acids is 1. The Hall–Kier alpha value is -1.43. The number of ether oxygens (including phenoxy) is 2. The molecule has 0 aromatic carbocycles. The number of hydrogen-bond donors (Lipinski definition) is 0. The molecular formula is C13H22N2O4. The highest BCUT2D eigenvalue weighted by Gasteiger charge is 2.31. The van der Waals surface area contributed by atoms with Crippen molar-refractivity contribution in [1.82, 2.24) is 10.1 Å². The molecule has 6 nitrogen and oxygen atoms in total. The first-order valence-corrected chi connectivity index (χ1v) is 6.58. The Morgan fingerprint density at radius 2 is 2.16 bits per heavy atom. The third kappa shape index (κ3) is 4.63. The van der Waals surface area contributed by atoms with Gasteiger partial charge in [0.05, 0.1) is 6.61 Å².